The van der Waals surface area contributed by atoms with E-state index < -0.39 is 0 Å². The number of hydrogen-bond acceptors (Lipinski definition) is 5. The van der Waals surface area contributed by atoms with E-state index >= 15 is 0 Å². The van der Waals surface area contributed by atoms with Crippen LogP contribution in [0.2, 0.25) is 0 Å². The Balaban J connectivity index is 2.01. The number of nitrogens with zero attached hydrogens (tertiary/aromatic N) is 1. The SMILES string of the molecule is CCNC(=S)NC(CC)C1c2cc(OC)c(OC)cc2CCN1Cc1cccc(OC)c1. The van der Waals surface area contributed by atoms with Crippen molar-refractivity contribution in [3.63, 3.8) is 0 Å². The first-order chi connectivity index (χ1) is 15.5. The highest BCUT2D eigenvalue weighted by Gasteiger charge is 2.34. The molecular weight excluding hydrogens is 422 g/mol. The van der Waals surface area contributed by atoms with Crippen LogP contribution in [0.15, 0.2) is 36.4 Å². The van der Waals surface area contributed by atoms with Crippen molar-refractivity contribution < 1.29 is 14.2 Å². The van der Waals surface area contributed by atoms with Crippen molar-refractivity contribution in [1.29, 1.82) is 0 Å². The molecule has 7 heteroatoms. The fourth-order valence-corrected chi connectivity index (χ4v) is 4.76. The van der Waals surface area contributed by atoms with Gasteiger partial charge in [-0.3, -0.25) is 4.90 Å². The first kappa shape index (κ1) is 24.1. The van der Waals surface area contributed by atoms with Gasteiger partial charge in [-0.05, 0) is 72.9 Å². The largest absolute Gasteiger partial charge is 0.497 e. The van der Waals surface area contributed by atoms with Crippen LogP contribution in [-0.4, -0.2) is 50.5 Å². The molecule has 0 fully saturated rings. The van der Waals surface area contributed by atoms with Gasteiger partial charge in [0.15, 0.2) is 16.6 Å². The number of fused-ring (bicyclic) bond motifs is 1. The highest BCUT2D eigenvalue weighted by atomic mass is 32.1. The smallest absolute Gasteiger partial charge is 0.166 e. The topological polar surface area (TPSA) is 55.0 Å². The molecule has 2 aromatic carbocycles. The summed E-state index contributed by atoms with van der Waals surface area (Å²) in [6, 6.07) is 12.8. The van der Waals surface area contributed by atoms with E-state index in [1.807, 2.05) is 12.1 Å². The molecule has 0 aliphatic carbocycles. The Morgan fingerprint density at radius 3 is 2.50 bits per heavy atom. The van der Waals surface area contributed by atoms with Gasteiger partial charge in [-0.25, -0.2) is 0 Å². The standard InChI is InChI=1S/C25H35N3O3S/c1-6-21(27-25(32)26-7-2)24-20-15-23(31-5)22(30-4)14-18(20)11-12-28(24)16-17-9-8-10-19(13-17)29-3/h8-10,13-15,21,24H,6-7,11-12,16H2,1-5H3,(H2,26,27,32). The van der Waals surface area contributed by atoms with Gasteiger partial charge in [0.05, 0.1) is 27.4 Å². The second-order valence-electron chi connectivity index (χ2n) is 7.94. The molecule has 0 radical (unpaired) electrons. The quantitative estimate of drug-likeness (QED) is 0.551. The lowest BCUT2D eigenvalue weighted by Gasteiger charge is -2.42. The molecule has 1 aliphatic rings. The number of ether oxygens (including phenoxy) is 3. The van der Waals surface area contributed by atoms with E-state index in [1.165, 1.54) is 16.7 Å². The van der Waals surface area contributed by atoms with Crippen LogP contribution >= 0.6 is 12.2 Å². The van der Waals surface area contributed by atoms with Gasteiger partial charge in [0, 0.05) is 25.7 Å². The summed E-state index contributed by atoms with van der Waals surface area (Å²) >= 11 is 5.55. The third-order valence-electron chi connectivity index (χ3n) is 6.02. The normalized spacial score (nSPS) is 16.6. The lowest BCUT2D eigenvalue weighted by atomic mass is 9.86. The van der Waals surface area contributed by atoms with E-state index in [1.54, 1.807) is 21.3 Å². The third kappa shape index (κ3) is 5.45. The predicted octanol–water partition coefficient (Wildman–Crippen LogP) is 4.07. The molecule has 0 saturated carbocycles. The number of rotatable bonds is 9. The van der Waals surface area contributed by atoms with E-state index in [0.29, 0.717) is 5.11 Å². The van der Waals surface area contributed by atoms with Gasteiger partial charge in [0.25, 0.3) is 0 Å². The molecule has 2 atom stereocenters. The van der Waals surface area contributed by atoms with Crippen LogP contribution < -0.4 is 24.8 Å². The van der Waals surface area contributed by atoms with Gasteiger partial charge < -0.3 is 24.8 Å². The number of nitrogens with one attached hydrogen (secondary N) is 2. The number of hydrogen-bond donors (Lipinski definition) is 2. The van der Waals surface area contributed by atoms with Crippen LogP contribution in [0.25, 0.3) is 0 Å². The van der Waals surface area contributed by atoms with E-state index in [9.17, 15) is 0 Å². The van der Waals surface area contributed by atoms with Crippen LogP contribution in [0.4, 0.5) is 0 Å². The molecule has 0 saturated heterocycles. The van der Waals surface area contributed by atoms with Crippen molar-refractivity contribution >= 4 is 17.3 Å². The molecular formula is C25H35N3O3S. The highest BCUT2D eigenvalue weighted by molar-refractivity contribution is 7.80. The fourth-order valence-electron chi connectivity index (χ4n) is 4.47. The molecule has 0 spiro atoms. The molecule has 32 heavy (non-hydrogen) atoms. The number of thiocarbonyl (C=S) groups is 1. The Morgan fingerprint density at radius 1 is 1.09 bits per heavy atom. The molecule has 0 bridgehead atoms. The Morgan fingerprint density at radius 2 is 1.84 bits per heavy atom. The van der Waals surface area contributed by atoms with Gasteiger partial charge in [-0.1, -0.05) is 19.1 Å². The molecule has 2 unspecified atom stereocenters. The van der Waals surface area contributed by atoms with Gasteiger partial charge >= 0.3 is 0 Å². The van der Waals surface area contributed by atoms with Crippen LogP contribution in [0.5, 0.6) is 17.2 Å². The zero-order chi connectivity index (χ0) is 23.1. The molecule has 6 nitrogen and oxygen atoms in total. The lowest BCUT2D eigenvalue weighted by molar-refractivity contribution is 0.141. The van der Waals surface area contributed by atoms with Crippen molar-refractivity contribution in [1.82, 2.24) is 15.5 Å². The van der Waals surface area contributed by atoms with Crippen LogP contribution in [0.3, 0.4) is 0 Å². The Bertz CT molecular complexity index is 921. The second kappa shape index (κ2) is 11.4. The van der Waals surface area contributed by atoms with Gasteiger partial charge in [0.1, 0.15) is 5.75 Å². The minimum absolute atomic E-state index is 0.131. The first-order valence-electron chi connectivity index (χ1n) is 11.2. The van der Waals surface area contributed by atoms with Crippen molar-refractivity contribution in [2.24, 2.45) is 0 Å². The molecule has 0 amide bonds. The Labute approximate surface area is 197 Å². The average Bonchev–Trinajstić information content (AvgIpc) is 2.82. The third-order valence-corrected chi connectivity index (χ3v) is 6.28. The molecule has 2 aromatic rings. The highest BCUT2D eigenvalue weighted by Crippen LogP contribution is 2.40. The molecule has 2 N–H and O–H groups in total. The van der Waals surface area contributed by atoms with E-state index in [-0.39, 0.29) is 12.1 Å². The van der Waals surface area contributed by atoms with Crippen molar-refractivity contribution in [2.45, 2.75) is 45.3 Å². The molecule has 1 heterocycles. The summed E-state index contributed by atoms with van der Waals surface area (Å²) in [4.78, 5) is 2.53. The van der Waals surface area contributed by atoms with Crippen molar-refractivity contribution in [2.75, 3.05) is 34.4 Å². The summed E-state index contributed by atoms with van der Waals surface area (Å²) in [5, 5.41) is 7.49. The van der Waals surface area contributed by atoms with E-state index in [2.05, 4.69) is 53.6 Å². The summed E-state index contributed by atoms with van der Waals surface area (Å²) in [6.07, 6.45) is 1.88. The molecule has 0 aromatic heterocycles. The lowest BCUT2D eigenvalue weighted by Crippen LogP contribution is -2.50. The summed E-state index contributed by atoms with van der Waals surface area (Å²) in [6.45, 7) is 6.81. The average molecular weight is 458 g/mol. The minimum Gasteiger partial charge on any atom is -0.497 e. The summed E-state index contributed by atoms with van der Waals surface area (Å²) in [7, 11) is 5.08. The zero-order valence-electron chi connectivity index (χ0n) is 19.7. The Kier molecular flexibility index (Phi) is 8.59. The van der Waals surface area contributed by atoms with Crippen molar-refractivity contribution in [3.05, 3.63) is 53.1 Å². The predicted molar refractivity (Wildman–Crippen MR) is 133 cm³/mol. The van der Waals surface area contributed by atoms with E-state index in [0.717, 1.165) is 49.7 Å². The summed E-state index contributed by atoms with van der Waals surface area (Å²) in [5.41, 5.74) is 3.78. The molecule has 174 valence electrons. The van der Waals surface area contributed by atoms with E-state index in [4.69, 9.17) is 26.4 Å². The summed E-state index contributed by atoms with van der Waals surface area (Å²) in [5.74, 6) is 2.40. The van der Waals surface area contributed by atoms with Crippen LogP contribution in [0, 0.1) is 0 Å². The van der Waals surface area contributed by atoms with Gasteiger partial charge in [0.2, 0.25) is 0 Å². The maximum absolute atomic E-state index is 5.65. The summed E-state index contributed by atoms with van der Waals surface area (Å²) < 4.78 is 16.7. The van der Waals surface area contributed by atoms with Gasteiger partial charge in [-0.15, -0.1) is 0 Å². The monoisotopic (exact) mass is 457 g/mol. The molecule has 3 rings (SSSR count). The van der Waals surface area contributed by atoms with Crippen LogP contribution in [-0.2, 0) is 13.0 Å². The fraction of sp³-hybridized carbons (Fsp3) is 0.480. The molecule has 1 aliphatic heterocycles. The maximum atomic E-state index is 5.65. The number of benzene rings is 2. The van der Waals surface area contributed by atoms with Crippen molar-refractivity contribution in [3.8, 4) is 17.2 Å². The minimum atomic E-state index is 0.131. The Hall–Kier alpha value is -2.51. The second-order valence-corrected chi connectivity index (χ2v) is 8.35. The van der Waals surface area contributed by atoms with Crippen LogP contribution in [0.1, 0.15) is 43.0 Å². The zero-order valence-corrected chi connectivity index (χ0v) is 20.6. The van der Waals surface area contributed by atoms with Gasteiger partial charge in [-0.2, -0.15) is 0 Å². The number of methoxy groups -OCH3 is 3. The maximum Gasteiger partial charge on any atom is 0.166 e. The first-order valence-corrected chi connectivity index (χ1v) is 11.6.